The summed E-state index contributed by atoms with van der Waals surface area (Å²) >= 11 is 0. The number of fused-ring (bicyclic) bond motifs is 6. The van der Waals surface area contributed by atoms with E-state index < -0.39 is 0 Å². The molecule has 0 saturated carbocycles. The smallest absolute Gasteiger partial charge is 0.302 e. The summed E-state index contributed by atoms with van der Waals surface area (Å²) in [4.78, 5) is 4.54. The summed E-state index contributed by atoms with van der Waals surface area (Å²) in [7, 11) is 0. The van der Waals surface area contributed by atoms with Gasteiger partial charge in [0, 0.05) is 16.3 Å². The highest BCUT2D eigenvalue weighted by Gasteiger charge is 2.21. The van der Waals surface area contributed by atoms with E-state index in [0.29, 0.717) is 12.6 Å². The van der Waals surface area contributed by atoms with Crippen molar-refractivity contribution in [1.82, 2.24) is 9.55 Å². The summed E-state index contributed by atoms with van der Waals surface area (Å²) in [5.74, 6) is 0. The van der Waals surface area contributed by atoms with Crippen LogP contribution in [-0.4, -0.2) is 16.2 Å². The molecule has 3 heterocycles. The molecule has 3 aromatic carbocycles. The van der Waals surface area contributed by atoms with E-state index >= 15 is 0 Å². The first kappa shape index (κ1) is 16.9. The molecule has 0 bridgehead atoms. The maximum atomic E-state index is 6.13. The Morgan fingerprint density at radius 3 is 2.77 bits per heavy atom. The molecule has 2 aromatic heterocycles. The minimum atomic E-state index is 0.503. The van der Waals surface area contributed by atoms with Crippen molar-refractivity contribution in [2.24, 2.45) is 0 Å². The maximum absolute atomic E-state index is 6.13. The maximum Gasteiger partial charge on any atom is 0.302 e. The van der Waals surface area contributed by atoms with Crippen molar-refractivity contribution in [3.8, 4) is 6.01 Å². The third-order valence-corrected chi connectivity index (χ3v) is 5.50. The molecule has 0 aliphatic carbocycles. The number of nitrogens with zero attached hydrogens (tertiary/aromatic N) is 2. The van der Waals surface area contributed by atoms with Gasteiger partial charge in [-0.25, -0.2) is 0 Å². The Balaban J connectivity index is 1.35. The van der Waals surface area contributed by atoms with Crippen LogP contribution in [0.5, 0.6) is 6.01 Å². The van der Waals surface area contributed by atoms with Crippen molar-refractivity contribution >= 4 is 44.2 Å². The largest absolute Gasteiger partial charge is 0.458 e. The fraction of sp³-hybridized carbons (Fsp3) is 0.0385. The zero-order valence-electron chi connectivity index (χ0n) is 16.2. The molecule has 0 atom stereocenters. The van der Waals surface area contributed by atoms with Crippen LogP contribution in [0.25, 0.3) is 44.2 Å². The van der Waals surface area contributed by atoms with E-state index in [-0.39, 0.29) is 0 Å². The molecule has 6 rings (SSSR count). The van der Waals surface area contributed by atoms with Gasteiger partial charge in [0.15, 0.2) is 0 Å². The van der Waals surface area contributed by atoms with E-state index in [4.69, 9.17) is 9.15 Å². The molecule has 144 valence electrons. The van der Waals surface area contributed by atoms with Crippen LogP contribution in [0.1, 0.15) is 5.56 Å². The number of hydrogen-bond acceptors (Lipinski definition) is 3. The Morgan fingerprint density at radius 2 is 1.80 bits per heavy atom. The van der Waals surface area contributed by atoms with Gasteiger partial charge in [-0.05, 0) is 29.8 Å². The number of furan rings is 1. The Hall–Kier alpha value is -4.05. The molecular formula is C26H18N2O2. The van der Waals surface area contributed by atoms with Crippen molar-refractivity contribution in [2.75, 3.05) is 6.61 Å². The summed E-state index contributed by atoms with van der Waals surface area (Å²) in [6.45, 7) is 4.77. The van der Waals surface area contributed by atoms with Crippen LogP contribution in [0, 0.1) is 0 Å². The number of imidazole rings is 1. The normalized spacial score (nSPS) is 14.9. The van der Waals surface area contributed by atoms with Gasteiger partial charge in [0.05, 0.1) is 16.7 Å². The lowest BCUT2D eigenvalue weighted by Crippen LogP contribution is -1.93. The molecule has 4 nitrogen and oxygen atoms in total. The number of benzene rings is 3. The van der Waals surface area contributed by atoms with Crippen LogP contribution in [-0.2, 0) is 0 Å². The van der Waals surface area contributed by atoms with E-state index in [1.165, 1.54) is 0 Å². The van der Waals surface area contributed by atoms with Gasteiger partial charge in [0.25, 0.3) is 0 Å². The van der Waals surface area contributed by atoms with Gasteiger partial charge in [-0.3, -0.25) is 4.57 Å². The van der Waals surface area contributed by atoms with E-state index in [1.54, 1.807) is 0 Å². The minimum absolute atomic E-state index is 0.503. The average molecular weight is 390 g/mol. The molecule has 1 aliphatic rings. The highest BCUT2D eigenvalue weighted by Crippen LogP contribution is 2.34. The third kappa shape index (κ3) is 2.51. The Kier molecular flexibility index (Phi) is 3.65. The highest BCUT2D eigenvalue weighted by atomic mass is 16.5. The zero-order chi connectivity index (χ0) is 20.1. The highest BCUT2D eigenvalue weighted by molar-refractivity contribution is 6.08. The second-order valence-corrected chi connectivity index (χ2v) is 7.33. The lowest BCUT2D eigenvalue weighted by Gasteiger charge is -2.02. The van der Waals surface area contributed by atoms with Crippen LogP contribution in [0.4, 0.5) is 0 Å². The lowest BCUT2D eigenvalue weighted by atomic mass is 10.0. The van der Waals surface area contributed by atoms with Crippen LogP contribution in [0.3, 0.4) is 0 Å². The first-order valence-corrected chi connectivity index (χ1v) is 9.87. The Morgan fingerprint density at radius 1 is 0.967 bits per heavy atom. The van der Waals surface area contributed by atoms with Crippen molar-refractivity contribution in [3.63, 3.8) is 0 Å². The van der Waals surface area contributed by atoms with Gasteiger partial charge in [0.2, 0.25) is 0 Å². The summed E-state index contributed by atoms with van der Waals surface area (Å²) in [6, 6.07) is 23.0. The van der Waals surface area contributed by atoms with Crippen LogP contribution in [0.15, 0.2) is 96.0 Å². The predicted octanol–water partition coefficient (Wildman–Crippen LogP) is 6.44. The van der Waals surface area contributed by atoms with Crippen molar-refractivity contribution in [2.45, 2.75) is 0 Å². The molecule has 0 unspecified atom stereocenters. The summed E-state index contributed by atoms with van der Waals surface area (Å²) in [6.07, 6.45) is 6.06. The fourth-order valence-corrected chi connectivity index (χ4v) is 4.07. The van der Waals surface area contributed by atoms with Crippen LogP contribution >= 0.6 is 0 Å². The average Bonchev–Trinajstić information content (AvgIpc) is 3.45. The Bertz CT molecular complexity index is 1510. The fourth-order valence-electron chi connectivity index (χ4n) is 4.07. The van der Waals surface area contributed by atoms with Crippen molar-refractivity contribution in [1.29, 1.82) is 0 Å². The number of para-hydroxylation sites is 4. The van der Waals surface area contributed by atoms with E-state index in [1.807, 2.05) is 60.7 Å². The Labute approximate surface area is 173 Å². The molecule has 0 amide bonds. The van der Waals surface area contributed by atoms with E-state index in [2.05, 4.69) is 40.4 Å². The third-order valence-electron chi connectivity index (χ3n) is 5.50. The zero-order valence-corrected chi connectivity index (χ0v) is 16.2. The van der Waals surface area contributed by atoms with Gasteiger partial charge in [-0.15, -0.1) is 0 Å². The second-order valence-electron chi connectivity index (χ2n) is 7.33. The summed E-state index contributed by atoms with van der Waals surface area (Å²) in [5, 5.41) is 2.23. The number of allylic oxidation sites excluding steroid dienone is 4. The molecule has 30 heavy (non-hydrogen) atoms. The molecule has 0 N–H and O–H groups in total. The molecule has 0 spiro atoms. The molecular weight excluding hydrogens is 372 g/mol. The number of aromatic nitrogens is 2. The van der Waals surface area contributed by atoms with Crippen molar-refractivity contribution in [3.05, 3.63) is 97.1 Å². The SMILES string of the molecule is C=C(/C=C\C=C1/COc2nc3ccccc3n21)c1cccc2c1oc1ccccc12. The molecule has 4 heteroatoms. The van der Waals surface area contributed by atoms with Gasteiger partial charge >= 0.3 is 6.01 Å². The molecule has 5 aromatic rings. The number of ether oxygens (including phenoxy) is 1. The van der Waals surface area contributed by atoms with Crippen LogP contribution in [0.2, 0.25) is 0 Å². The molecule has 0 fully saturated rings. The van der Waals surface area contributed by atoms with Gasteiger partial charge < -0.3 is 9.15 Å². The van der Waals surface area contributed by atoms with Gasteiger partial charge in [-0.1, -0.05) is 67.3 Å². The topological polar surface area (TPSA) is 40.2 Å². The molecule has 0 saturated heterocycles. The van der Waals surface area contributed by atoms with Crippen molar-refractivity contribution < 1.29 is 9.15 Å². The van der Waals surface area contributed by atoms with Crippen LogP contribution < -0.4 is 4.74 Å². The number of hydrogen-bond donors (Lipinski definition) is 0. The summed E-state index contributed by atoms with van der Waals surface area (Å²) < 4.78 is 13.9. The van der Waals surface area contributed by atoms with Gasteiger partial charge in [-0.2, -0.15) is 4.98 Å². The first-order valence-electron chi connectivity index (χ1n) is 9.87. The van der Waals surface area contributed by atoms with E-state index in [9.17, 15) is 0 Å². The molecule has 0 radical (unpaired) electrons. The molecule has 1 aliphatic heterocycles. The lowest BCUT2D eigenvalue weighted by molar-refractivity contribution is 0.370. The first-order chi connectivity index (χ1) is 14.8. The summed E-state index contributed by atoms with van der Waals surface area (Å²) in [5.41, 5.74) is 6.68. The second kappa shape index (κ2) is 6.49. The monoisotopic (exact) mass is 390 g/mol. The van der Waals surface area contributed by atoms with Gasteiger partial charge in [0.1, 0.15) is 17.8 Å². The van der Waals surface area contributed by atoms with E-state index in [0.717, 1.165) is 49.8 Å². The minimum Gasteiger partial charge on any atom is -0.458 e. The number of rotatable bonds is 3. The standard InChI is InChI=1S/C26H18N2O2/c1-17(19-11-7-12-21-20-10-2-5-15-24(20)30-25(19)21)8-6-9-18-16-29-26-27-22-13-3-4-14-23(22)28(18)26/h2-15H,1,16H2/b8-6-,18-9+. The quantitative estimate of drug-likeness (QED) is 0.333. The predicted molar refractivity (Wildman–Crippen MR) is 121 cm³/mol.